The molecule has 3 nitrogen and oxygen atoms in total. The molecule has 1 rings (SSSR count). The Balaban J connectivity index is 2.20. The Morgan fingerprint density at radius 1 is 1.50 bits per heavy atom. The summed E-state index contributed by atoms with van der Waals surface area (Å²) in [7, 11) is 0. The van der Waals surface area contributed by atoms with Gasteiger partial charge >= 0.3 is 6.18 Å². The lowest BCUT2D eigenvalue weighted by molar-refractivity contribution is -0.174. The van der Waals surface area contributed by atoms with Crippen LogP contribution in [0.2, 0.25) is 0 Å². The Kier molecular flexibility index (Phi) is 3.51. The molecule has 1 heterocycles. The van der Waals surface area contributed by atoms with E-state index in [0.29, 0.717) is 6.54 Å². The molecule has 0 saturated heterocycles. The van der Waals surface area contributed by atoms with Crippen LogP contribution in [0.3, 0.4) is 0 Å². The van der Waals surface area contributed by atoms with Crippen molar-refractivity contribution in [3.05, 3.63) is 18.2 Å². The van der Waals surface area contributed by atoms with Gasteiger partial charge in [0, 0.05) is 18.9 Å². The predicted molar refractivity (Wildman–Crippen MR) is 43.8 cm³/mol. The molecule has 80 valence electrons. The van der Waals surface area contributed by atoms with Crippen molar-refractivity contribution in [3.63, 3.8) is 0 Å². The quantitative estimate of drug-likeness (QED) is 0.705. The number of nitrogens with zero attached hydrogens (tertiary/aromatic N) is 2. The second kappa shape index (κ2) is 4.45. The van der Waals surface area contributed by atoms with E-state index in [4.69, 9.17) is 0 Å². The van der Waals surface area contributed by atoms with Crippen LogP contribution in [-0.2, 0) is 11.3 Å². The van der Waals surface area contributed by atoms with E-state index in [1.807, 2.05) is 0 Å². The Labute approximate surface area is 79.5 Å². The zero-order chi connectivity index (χ0) is 10.6. The van der Waals surface area contributed by atoms with Gasteiger partial charge in [-0.05, 0) is 6.92 Å². The number of alkyl halides is 3. The summed E-state index contributed by atoms with van der Waals surface area (Å²) in [6.07, 6.45) is -0.949. The average molecular weight is 208 g/mol. The number of aromatic nitrogens is 2. The maximum atomic E-state index is 11.7. The molecule has 0 atom stereocenters. The fraction of sp³-hybridized carbons (Fsp3) is 0.625. The van der Waals surface area contributed by atoms with Gasteiger partial charge in [0.2, 0.25) is 0 Å². The lowest BCUT2D eigenvalue weighted by Gasteiger charge is -2.08. The first-order valence-electron chi connectivity index (χ1n) is 4.11. The van der Waals surface area contributed by atoms with Crippen molar-refractivity contribution in [2.45, 2.75) is 19.6 Å². The lowest BCUT2D eigenvalue weighted by atomic mass is 10.6. The molecule has 0 N–H and O–H groups in total. The predicted octanol–water partition coefficient (Wildman–Crippen LogP) is 1.77. The highest BCUT2D eigenvalue weighted by Crippen LogP contribution is 2.14. The van der Waals surface area contributed by atoms with Crippen molar-refractivity contribution in [1.82, 2.24) is 9.55 Å². The van der Waals surface area contributed by atoms with E-state index >= 15 is 0 Å². The van der Waals surface area contributed by atoms with Crippen LogP contribution >= 0.6 is 0 Å². The van der Waals surface area contributed by atoms with E-state index in [-0.39, 0.29) is 6.61 Å². The molecule has 0 bridgehead atoms. The number of rotatable bonds is 4. The Morgan fingerprint density at radius 2 is 2.21 bits per heavy atom. The zero-order valence-electron chi connectivity index (χ0n) is 7.71. The van der Waals surface area contributed by atoms with Gasteiger partial charge in [-0.2, -0.15) is 13.2 Å². The summed E-state index contributed by atoms with van der Waals surface area (Å²) in [5.74, 6) is 0.764. The van der Waals surface area contributed by atoms with Crippen LogP contribution in [0.25, 0.3) is 0 Å². The van der Waals surface area contributed by atoms with E-state index < -0.39 is 12.8 Å². The highest BCUT2D eigenvalue weighted by Gasteiger charge is 2.27. The Hall–Kier alpha value is -1.04. The summed E-state index contributed by atoms with van der Waals surface area (Å²) >= 11 is 0. The molecule has 6 heteroatoms. The standard InChI is InChI=1S/C8H11F3N2O/c1-7-12-2-3-13(7)4-5-14-6-8(9,10)11/h2-3H,4-6H2,1H3. The fourth-order valence-electron chi connectivity index (χ4n) is 0.991. The van der Waals surface area contributed by atoms with Crippen LogP contribution in [-0.4, -0.2) is 28.9 Å². The van der Waals surface area contributed by atoms with Crippen LogP contribution in [0.1, 0.15) is 5.82 Å². The second-order valence-corrected chi connectivity index (χ2v) is 2.84. The summed E-state index contributed by atoms with van der Waals surface area (Å²) in [4.78, 5) is 3.93. The van der Waals surface area contributed by atoms with Crippen molar-refractivity contribution in [2.75, 3.05) is 13.2 Å². The highest BCUT2D eigenvalue weighted by atomic mass is 19.4. The molecule has 0 amide bonds. The highest BCUT2D eigenvalue weighted by molar-refractivity contribution is 4.87. The molecule has 1 aromatic rings. The van der Waals surface area contributed by atoms with Gasteiger partial charge in [0.1, 0.15) is 12.4 Å². The number of imidazole rings is 1. The molecule has 0 fully saturated rings. The minimum Gasteiger partial charge on any atom is -0.370 e. The molecule has 0 aromatic carbocycles. The van der Waals surface area contributed by atoms with E-state index in [2.05, 4.69) is 9.72 Å². The summed E-state index contributed by atoms with van der Waals surface area (Å²) in [6.45, 7) is 1.02. The van der Waals surface area contributed by atoms with Gasteiger partial charge in [0.05, 0.1) is 6.61 Å². The normalized spacial score (nSPS) is 12.0. The van der Waals surface area contributed by atoms with Gasteiger partial charge in [0.15, 0.2) is 0 Å². The van der Waals surface area contributed by atoms with E-state index in [1.165, 1.54) is 0 Å². The monoisotopic (exact) mass is 208 g/mol. The molecule has 0 unspecified atom stereocenters. The minimum atomic E-state index is -4.25. The van der Waals surface area contributed by atoms with Crippen molar-refractivity contribution in [3.8, 4) is 0 Å². The first-order chi connectivity index (χ1) is 6.49. The van der Waals surface area contributed by atoms with Gasteiger partial charge in [-0.1, -0.05) is 0 Å². The molecule has 0 saturated carbocycles. The second-order valence-electron chi connectivity index (χ2n) is 2.84. The molecular formula is C8H11F3N2O. The van der Waals surface area contributed by atoms with Crippen LogP contribution in [0.5, 0.6) is 0 Å². The lowest BCUT2D eigenvalue weighted by Crippen LogP contribution is -2.19. The maximum absolute atomic E-state index is 11.7. The number of ether oxygens (including phenoxy) is 1. The topological polar surface area (TPSA) is 27.1 Å². The van der Waals surface area contributed by atoms with Gasteiger partial charge in [-0.15, -0.1) is 0 Å². The largest absolute Gasteiger partial charge is 0.411 e. The Bertz CT molecular complexity index is 282. The van der Waals surface area contributed by atoms with E-state index in [1.54, 1.807) is 23.9 Å². The molecule has 0 aliphatic rings. The molecule has 0 aliphatic heterocycles. The van der Waals surface area contributed by atoms with E-state index in [0.717, 1.165) is 5.82 Å². The third-order valence-electron chi connectivity index (χ3n) is 1.67. The van der Waals surface area contributed by atoms with Crippen LogP contribution in [0, 0.1) is 6.92 Å². The zero-order valence-corrected chi connectivity index (χ0v) is 7.71. The van der Waals surface area contributed by atoms with Gasteiger partial charge in [-0.25, -0.2) is 4.98 Å². The molecule has 0 radical (unpaired) electrons. The SMILES string of the molecule is Cc1nccn1CCOCC(F)(F)F. The number of hydrogen-bond acceptors (Lipinski definition) is 2. The third-order valence-corrected chi connectivity index (χ3v) is 1.67. The summed E-state index contributed by atoms with van der Waals surface area (Å²) in [5, 5.41) is 0. The van der Waals surface area contributed by atoms with Crippen LogP contribution in [0.15, 0.2) is 12.4 Å². The van der Waals surface area contributed by atoms with E-state index in [9.17, 15) is 13.2 Å². The average Bonchev–Trinajstić information content (AvgIpc) is 2.44. The first-order valence-corrected chi connectivity index (χ1v) is 4.11. The van der Waals surface area contributed by atoms with Gasteiger partial charge in [-0.3, -0.25) is 0 Å². The van der Waals surface area contributed by atoms with Crippen LogP contribution in [0.4, 0.5) is 13.2 Å². The molecular weight excluding hydrogens is 197 g/mol. The number of halogens is 3. The fourth-order valence-corrected chi connectivity index (χ4v) is 0.991. The summed E-state index contributed by atoms with van der Waals surface area (Å²) in [6, 6.07) is 0. The molecule has 14 heavy (non-hydrogen) atoms. The number of aryl methyl sites for hydroxylation is 1. The smallest absolute Gasteiger partial charge is 0.370 e. The van der Waals surface area contributed by atoms with Crippen molar-refractivity contribution < 1.29 is 17.9 Å². The molecule has 1 aromatic heterocycles. The van der Waals surface area contributed by atoms with Gasteiger partial charge in [0.25, 0.3) is 0 Å². The molecule has 0 aliphatic carbocycles. The minimum absolute atomic E-state index is 0.0384. The maximum Gasteiger partial charge on any atom is 0.411 e. The Morgan fingerprint density at radius 3 is 2.71 bits per heavy atom. The third kappa shape index (κ3) is 3.78. The van der Waals surface area contributed by atoms with Crippen LogP contribution < -0.4 is 0 Å². The summed E-state index contributed by atoms with van der Waals surface area (Å²) < 4.78 is 41.2. The van der Waals surface area contributed by atoms with Gasteiger partial charge < -0.3 is 9.30 Å². The van der Waals surface area contributed by atoms with Crippen molar-refractivity contribution in [1.29, 1.82) is 0 Å². The van der Waals surface area contributed by atoms with Crippen molar-refractivity contribution >= 4 is 0 Å². The molecule has 0 spiro atoms. The summed E-state index contributed by atoms with van der Waals surface area (Å²) in [5.41, 5.74) is 0. The van der Waals surface area contributed by atoms with Crippen molar-refractivity contribution in [2.24, 2.45) is 0 Å². The first kappa shape index (κ1) is 11.0. The number of hydrogen-bond donors (Lipinski definition) is 0.